The van der Waals surface area contributed by atoms with Crippen LogP contribution in [0, 0.1) is 5.82 Å². The fourth-order valence-electron chi connectivity index (χ4n) is 5.15. The van der Waals surface area contributed by atoms with Crippen molar-refractivity contribution in [2.75, 3.05) is 20.3 Å². The molecular weight excluding hydrogens is 634 g/mol. The third-order valence-electron chi connectivity index (χ3n) is 7.82. The second-order valence-electron chi connectivity index (χ2n) is 10.9. The number of ether oxygens (including phenoxy) is 2. The maximum atomic E-state index is 14.7. The molecule has 0 radical (unpaired) electrons. The zero-order chi connectivity index (χ0) is 33.4. The van der Waals surface area contributed by atoms with E-state index in [1.165, 1.54) is 25.3 Å². The minimum atomic E-state index is -5.38. The quantitative estimate of drug-likeness (QED) is 0.187. The third kappa shape index (κ3) is 6.31. The number of benzene rings is 2. The number of methoxy groups -OCH3 is 1. The lowest BCUT2D eigenvalue weighted by Gasteiger charge is -2.31. The lowest BCUT2D eigenvalue weighted by molar-refractivity contribution is -0.265. The van der Waals surface area contributed by atoms with Crippen molar-refractivity contribution in [3.8, 4) is 22.8 Å². The van der Waals surface area contributed by atoms with Gasteiger partial charge in [-0.25, -0.2) is 9.37 Å². The van der Waals surface area contributed by atoms with Crippen molar-refractivity contribution in [3.05, 3.63) is 70.3 Å². The number of fused-ring (bicyclic) bond motifs is 1. The lowest BCUT2D eigenvalue weighted by atomic mass is 9.93. The van der Waals surface area contributed by atoms with Gasteiger partial charge in [-0.05, 0) is 62.6 Å². The molecule has 1 aliphatic rings. The number of halogens is 5. The first-order chi connectivity index (χ1) is 21.7. The van der Waals surface area contributed by atoms with Gasteiger partial charge in [0.25, 0.3) is 5.91 Å². The van der Waals surface area contributed by atoms with Gasteiger partial charge in [0.15, 0.2) is 0 Å². The number of nitrogens with two attached hydrogens (primary N) is 1. The third-order valence-corrected chi connectivity index (χ3v) is 8.11. The molecule has 1 aliphatic carbocycles. The summed E-state index contributed by atoms with van der Waals surface area (Å²) in [7, 11) is 1.38. The van der Waals surface area contributed by atoms with Crippen LogP contribution in [0.15, 0.2) is 42.6 Å². The topological polar surface area (TPSA) is 142 Å². The van der Waals surface area contributed by atoms with E-state index in [4.69, 9.17) is 26.8 Å². The Balaban J connectivity index is 1.55. The molecule has 0 unspecified atom stereocenters. The maximum Gasteiger partial charge on any atom is 0.424 e. The number of alkyl halides is 3. The number of amides is 2. The summed E-state index contributed by atoms with van der Waals surface area (Å²) < 4.78 is 70.9. The highest BCUT2D eigenvalue weighted by molar-refractivity contribution is 6.31. The second kappa shape index (κ2) is 12.8. The number of pyridine rings is 1. The van der Waals surface area contributed by atoms with Crippen molar-refractivity contribution in [1.29, 1.82) is 0 Å². The Bertz CT molecular complexity index is 1810. The van der Waals surface area contributed by atoms with Crippen LogP contribution in [0.4, 0.5) is 17.6 Å². The number of aromatic nitrogens is 3. The van der Waals surface area contributed by atoms with Crippen molar-refractivity contribution in [2.45, 2.75) is 50.4 Å². The predicted octanol–water partition coefficient (Wildman–Crippen LogP) is 5.23. The van der Waals surface area contributed by atoms with Gasteiger partial charge < -0.3 is 25.6 Å². The fraction of sp³-hybridized carbons (Fsp3) is 0.355. The lowest BCUT2D eigenvalue weighted by Crippen LogP contribution is -2.51. The summed E-state index contributed by atoms with van der Waals surface area (Å²) in [5.41, 5.74) is 0.770. The molecule has 0 spiro atoms. The number of carbonyl (C=O) groups excluding carboxylic acids is 2. The van der Waals surface area contributed by atoms with Gasteiger partial charge in [0.05, 0.1) is 43.4 Å². The van der Waals surface area contributed by atoms with Crippen LogP contribution in [-0.4, -0.2) is 58.1 Å². The minimum Gasteiger partial charge on any atom is -0.494 e. The summed E-state index contributed by atoms with van der Waals surface area (Å²) in [6, 6.07) is 7.17. The number of nitrogens with one attached hydrogen (secondary N) is 1. The molecule has 15 heteroatoms. The van der Waals surface area contributed by atoms with Crippen molar-refractivity contribution in [2.24, 2.45) is 5.73 Å². The van der Waals surface area contributed by atoms with Gasteiger partial charge in [0, 0.05) is 28.3 Å². The molecule has 4 N–H and O–H groups in total. The molecule has 0 bridgehead atoms. The normalized spacial score (nSPS) is 14.9. The van der Waals surface area contributed by atoms with Gasteiger partial charge in [0.2, 0.25) is 11.5 Å². The maximum absolute atomic E-state index is 14.7. The van der Waals surface area contributed by atoms with Gasteiger partial charge in [-0.3, -0.25) is 14.3 Å². The van der Waals surface area contributed by atoms with E-state index in [2.05, 4.69) is 15.4 Å². The molecular formula is C31H30ClF4N5O5. The number of rotatable bonds is 11. The number of hydrogen-bond acceptors (Lipinski definition) is 7. The monoisotopic (exact) mass is 663 g/mol. The van der Waals surface area contributed by atoms with Crippen LogP contribution in [0.25, 0.3) is 22.2 Å². The van der Waals surface area contributed by atoms with E-state index in [-0.39, 0.29) is 51.6 Å². The van der Waals surface area contributed by atoms with Crippen LogP contribution >= 0.6 is 11.6 Å². The molecule has 46 heavy (non-hydrogen) atoms. The summed E-state index contributed by atoms with van der Waals surface area (Å²) in [6.45, 7) is 0.245. The number of carbonyl (C=O) groups is 2. The van der Waals surface area contributed by atoms with Crippen molar-refractivity contribution < 1.29 is 41.7 Å². The SMILES string of the molecule is CCOc1c(CC(N)=O)cc([C@@](O)(CNC(=O)c2cc(OC)c3nn(C4CCC4)cc3c2)C(F)(F)F)nc1-c1ccc(F)c(Cl)c1. The standard InChI is InChI=1S/C31H30ClF4N5O5/c1-3-46-28-17(13-25(37)42)12-24(39-27(28)16-7-8-22(33)21(32)10-16)30(44,31(34,35)36)15-38-29(43)18-9-19-14-41(20-5-4-6-20)40-26(19)23(11-18)45-2/h7-12,14,20,44H,3-6,13,15H2,1-2H3,(H2,37,42)(H,38,43)/t30-/m0/s1. The first kappa shape index (κ1) is 32.9. The highest BCUT2D eigenvalue weighted by atomic mass is 35.5. The van der Waals surface area contributed by atoms with E-state index in [0.717, 1.165) is 37.5 Å². The summed E-state index contributed by atoms with van der Waals surface area (Å²) in [5.74, 6) is -2.50. The first-order valence-corrected chi connectivity index (χ1v) is 14.7. The highest BCUT2D eigenvalue weighted by Gasteiger charge is 2.56. The molecule has 2 heterocycles. The Hall–Kier alpha value is -4.43. The molecule has 4 aromatic rings. The summed E-state index contributed by atoms with van der Waals surface area (Å²) >= 11 is 5.94. The Kier molecular flexibility index (Phi) is 9.14. The van der Waals surface area contributed by atoms with Crippen LogP contribution < -0.4 is 20.5 Å². The Morgan fingerprint density at radius 3 is 2.52 bits per heavy atom. The average Bonchev–Trinajstić information content (AvgIpc) is 3.39. The first-order valence-electron chi connectivity index (χ1n) is 14.3. The van der Waals surface area contributed by atoms with E-state index in [0.29, 0.717) is 10.9 Å². The van der Waals surface area contributed by atoms with Crippen LogP contribution in [0.3, 0.4) is 0 Å². The molecule has 0 saturated heterocycles. The van der Waals surface area contributed by atoms with Crippen molar-refractivity contribution in [3.63, 3.8) is 0 Å². The predicted molar refractivity (Wildman–Crippen MR) is 160 cm³/mol. The van der Waals surface area contributed by atoms with E-state index in [1.54, 1.807) is 17.8 Å². The van der Waals surface area contributed by atoms with Gasteiger partial charge in [-0.2, -0.15) is 18.3 Å². The average molecular weight is 664 g/mol. The molecule has 0 aliphatic heterocycles. The largest absolute Gasteiger partial charge is 0.494 e. The second-order valence-corrected chi connectivity index (χ2v) is 11.3. The fourth-order valence-corrected chi connectivity index (χ4v) is 5.33. The Morgan fingerprint density at radius 2 is 1.93 bits per heavy atom. The molecule has 1 saturated carbocycles. The van der Waals surface area contributed by atoms with Crippen LogP contribution in [0.1, 0.15) is 53.8 Å². The van der Waals surface area contributed by atoms with Crippen LogP contribution in [0.2, 0.25) is 5.02 Å². The summed E-state index contributed by atoms with van der Waals surface area (Å²) in [4.78, 5) is 29.3. The molecule has 10 nitrogen and oxygen atoms in total. The molecule has 2 aromatic heterocycles. The van der Waals surface area contributed by atoms with E-state index < -0.39 is 48.1 Å². The molecule has 5 rings (SSSR count). The summed E-state index contributed by atoms with van der Waals surface area (Å²) in [5, 5.41) is 18.2. The van der Waals surface area contributed by atoms with Crippen molar-refractivity contribution >= 4 is 34.3 Å². The highest BCUT2D eigenvalue weighted by Crippen LogP contribution is 2.42. The van der Waals surface area contributed by atoms with Gasteiger partial charge in [-0.15, -0.1) is 0 Å². The van der Waals surface area contributed by atoms with Gasteiger partial charge >= 0.3 is 6.18 Å². The van der Waals surface area contributed by atoms with E-state index in [1.807, 2.05) is 0 Å². The molecule has 2 aromatic carbocycles. The van der Waals surface area contributed by atoms with E-state index >= 15 is 0 Å². The van der Waals surface area contributed by atoms with Crippen LogP contribution in [0.5, 0.6) is 11.5 Å². The minimum absolute atomic E-state index is 0.0156. The van der Waals surface area contributed by atoms with Crippen molar-refractivity contribution in [1.82, 2.24) is 20.1 Å². The number of aliphatic hydroxyl groups is 1. The Labute approximate surface area is 265 Å². The smallest absolute Gasteiger partial charge is 0.424 e. The Morgan fingerprint density at radius 1 is 1.20 bits per heavy atom. The molecule has 1 fully saturated rings. The molecule has 1 atom stereocenters. The number of hydrogen-bond donors (Lipinski definition) is 3. The van der Waals surface area contributed by atoms with Crippen LogP contribution in [-0.2, 0) is 16.8 Å². The molecule has 244 valence electrons. The van der Waals surface area contributed by atoms with E-state index in [9.17, 15) is 32.3 Å². The number of primary amides is 1. The zero-order valence-corrected chi connectivity index (χ0v) is 25.5. The zero-order valence-electron chi connectivity index (χ0n) is 24.8. The summed E-state index contributed by atoms with van der Waals surface area (Å²) in [6.07, 6.45) is -1.24. The number of nitrogens with zero attached hydrogens (tertiary/aromatic N) is 3. The molecule has 2 amide bonds. The van der Waals surface area contributed by atoms with Gasteiger partial charge in [-0.1, -0.05) is 11.6 Å². The van der Waals surface area contributed by atoms with Gasteiger partial charge in [0.1, 0.15) is 28.5 Å².